The van der Waals surface area contributed by atoms with Gasteiger partial charge >= 0.3 is 0 Å². The van der Waals surface area contributed by atoms with Gasteiger partial charge in [0.25, 0.3) is 10.1 Å². The average Bonchev–Trinajstić information content (AvgIpc) is 3.03. The molecule has 0 saturated heterocycles. The Balaban J connectivity index is 3.85. The van der Waals surface area contributed by atoms with Crippen molar-refractivity contribution in [3.8, 4) is 0 Å². The zero-order valence-electron chi connectivity index (χ0n) is 30.1. The van der Waals surface area contributed by atoms with Crippen molar-refractivity contribution in [2.75, 3.05) is 5.75 Å². The van der Waals surface area contributed by atoms with Gasteiger partial charge in [-0.2, -0.15) is 8.42 Å². The molecule has 0 heterocycles. The molecule has 47 heavy (non-hydrogen) atoms. The van der Waals surface area contributed by atoms with Crippen LogP contribution in [-0.4, -0.2) is 41.9 Å². The van der Waals surface area contributed by atoms with E-state index in [2.05, 4.69) is 54.8 Å². The molecule has 0 fully saturated rings. The third-order valence-electron chi connectivity index (χ3n) is 8.24. The monoisotopic (exact) mass is 678 g/mol. The summed E-state index contributed by atoms with van der Waals surface area (Å²) in [6.07, 6.45) is 46.7. The molecule has 0 radical (unpaired) electrons. The second kappa shape index (κ2) is 33.9. The average molecular weight is 678 g/mol. The van der Waals surface area contributed by atoms with Crippen molar-refractivity contribution >= 4 is 16.0 Å². The molecule has 0 aromatic heterocycles. The molecule has 0 saturated carbocycles. The Hall–Kier alpha value is -1.96. The van der Waals surface area contributed by atoms with Gasteiger partial charge in [-0.3, -0.25) is 9.35 Å². The summed E-state index contributed by atoms with van der Waals surface area (Å²) >= 11 is 0. The van der Waals surface area contributed by atoms with Gasteiger partial charge in [0.2, 0.25) is 5.91 Å². The number of aliphatic hydroxyl groups excluding tert-OH is 1. The predicted octanol–water partition coefficient (Wildman–Crippen LogP) is 10.9. The van der Waals surface area contributed by atoms with E-state index < -0.39 is 28.0 Å². The lowest BCUT2D eigenvalue weighted by molar-refractivity contribution is -0.122. The van der Waals surface area contributed by atoms with Crippen molar-refractivity contribution in [3.05, 3.63) is 60.8 Å². The summed E-state index contributed by atoms with van der Waals surface area (Å²) in [6.45, 7) is 4.26. The highest BCUT2D eigenvalue weighted by atomic mass is 32.2. The summed E-state index contributed by atoms with van der Waals surface area (Å²) in [5, 5.41) is 13.1. The fourth-order valence-corrected chi connectivity index (χ4v) is 6.13. The molecule has 272 valence electrons. The lowest BCUT2D eigenvalue weighted by atomic mass is 10.0. The van der Waals surface area contributed by atoms with Gasteiger partial charge in [0.1, 0.15) is 0 Å². The summed E-state index contributed by atoms with van der Waals surface area (Å²) in [7, 11) is -4.35. The largest absolute Gasteiger partial charge is 0.387 e. The molecular formula is C40H71NO5S. The number of rotatable bonds is 33. The van der Waals surface area contributed by atoms with Gasteiger partial charge in [-0.1, -0.05) is 151 Å². The lowest BCUT2D eigenvalue weighted by Crippen LogP contribution is -2.46. The predicted molar refractivity (Wildman–Crippen MR) is 202 cm³/mol. The molecule has 0 rings (SSSR count). The molecule has 2 atom stereocenters. The fourth-order valence-electron chi connectivity index (χ4n) is 5.40. The Bertz CT molecular complexity index is 967. The normalized spacial score (nSPS) is 14.0. The standard InChI is InChI=1S/C40H71NO5S/c1-3-5-7-9-11-13-14-15-16-17-18-19-20-21-22-23-24-25-26-28-30-32-34-36-40(43)41-38(37-47(44,45)46)39(42)35-33-31-29-27-12-10-8-6-4-2/h4,6,12,14-15,17-18,27,33,35,38-39,42H,3,5,7-11,13,16,19-26,28-32,34,36-37H2,1-2H3,(H,41,43)(H,44,45,46)/b6-4+,15-14-,18-17-,27-12+,35-33+. The van der Waals surface area contributed by atoms with E-state index in [-0.39, 0.29) is 12.3 Å². The van der Waals surface area contributed by atoms with E-state index in [0.717, 1.165) is 44.9 Å². The van der Waals surface area contributed by atoms with E-state index in [0.29, 0.717) is 6.42 Å². The Morgan fingerprint density at radius 2 is 1.06 bits per heavy atom. The SMILES string of the molecule is C/C=C/CC/C=C/CC/C=C/C(O)C(CS(=O)(=O)O)NC(=O)CCCCCCCCCCCCC/C=C\C/C=C\CCCCCCC. The summed E-state index contributed by atoms with van der Waals surface area (Å²) in [5.74, 6) is -1.02. The number of amides is 1. The van der Waals surface area contributed by atoms with Gasteiger partial charge < -0.3 is 10.4 Å². The molecule has 7 heteroatoms. The lowest BCUT2D eigenvalue weighted by Gasteiger charge is -2.21. The Morgan fingerprint density at radius 3 is 1.57 bits per heavy atom. The van der Waals surface area contributed by atoms with E-state index in [4.69, 9.17) is 0 Å². The van der Waals surface area contributed by atoms with Crippen LogP contribution >= 0.6 is 0 Å². The quantitative estimate of drug-likeness (QED) is 0.0364. The third kappa shape index (κ3) is 35.2. The number of hydrogen-bond donors (Lipinski definition) is 3. The minimum atomic E-state index is -4.35. The molecule has 0 bridgehead atoms. The number of nitrogens with one attached hydrogen (secondary N) is 1. The van der Waals surface area contributed by atoms with Gasteiger partial charge in [-0.25, -0.2) is 0 Å². The molecule has 0 aromatic rings. The maximum absolute atomic E-state index is 12.4. The first-order chi connectivity index (χ1) is 22.8. The van der Waals surface area contributed by atoms with Crippen molar-refractivity contribution < 1.29 is 22.9 Å². The number of hydrogen-bond acceptors (Lipinski definition) is 4. The second-order valence-corrected chi connectivity index (χ2v) is 14.3. The molecule has 3 N–H and O–H groups in total. The van der Waals surface area contributed by atoms with Crippen molar-refractivity contribution in [3.63, 3.8) is 0 Å². The number of allylic oxidation sites excluding steroid dienone is 9. The second-order valence-electron chi connectivity index (χ2n) is 12.8. The number of aliphatic hydroxyl groups is 1. The van der Waals surface area contributed by atoms with Gasteiger partial charge in [0, 0.05) is 6.42 Å². The first-order valence-corrected chi connectivity index (χ1v) is 20.6. The van der Waals surface area contributed by atoms with E-state index in [9.17, 15) is 22.9 Å². The van der Waals surface area contributed by atoms with Gasteiger partial charge in [-0.05, 0) is 71.1 Å². The number of carbonyl (C=O) groups is 1. The molecular weight excluding hydrogens is 607 g/mol. The van der Waals surface area contributed by atoms with Crippen LogP contribution in [0.25, 0.3) is 0 Å². The molecule has 1 amide bonds. The van der Waals surface area contributed by atoms with Crippen LogP contribution in [0.3, 0.4) is 0 Å². The molecule has 2 unspecified atom stereocenters. The number of carbonyl (C=O) groups excluding carboxylic acids is 1. The summed E-state index contributed by atoms with van der Waals surface area (Å²) in [6, 6.07) is -1.08. The molecule has 0 spiro atoms. The van der Waals surface area contributed by atoms with Crippen LogP contribution in [0.15, 0.2) is 60.8 Å². The fraction of sp³-hybridized carbons (Fsp3) is 0.725. The van der Waals surface area contributed by atoms with E-state index in [1.165, 1.54) is 102 Å². The van der Waals surface area contributed by atoms with Crippen LogP contribution in [0.2, 0.25) is 0 Å². The van der Waals surface area contributed by atoms with Crippen LogP contribution in [-0.2, 0) is 14.9 Å². The minimum absolute atomic E-state index is 0.279. The number of unbranched alkanes of at least 4 members (excludes halogenated alkanes) is 18. The van der Waals surface area contributed by atoms with Crippen molar-refractivity contribution in [1.29, 1.82) is 0 Å². The molecule has 6 nitrogen and oxygen atoms in total. The van der Waals surface area contributed by atoms with Crippen LogP contribution < -0.4 is 5.32 Å². The van der Waals surface area contributed by atoms with Gasteiger partial charge in [0.15, 0.2) is 0 Å². The van der Waals surface area contributed by atoms with E-state index in [1.54, 1.807) is 6.08 Å². The zero-order chi connectivity index (χ0) is 34.7. The van der Waals surface area contributed by atoms with Crippen molar-refractivity contribution in [2.45, 2.75) is 180 Å². The molecule has 0 aliphatic carbocycles. The Labute approximate surface area is 290 Å². The van der Waals surface area contributed by atoms with Crippen LogP contribution in [0.5, 0.6) is 0 Å². The molecule has 0 aromatic carbocycles. The highest BCUT2D eigenvalue weighted by molar-refractivity contribution is 7.85. The Morgan fingerprint density at radius 1 is 0.617 bits per heavy atom. The molecule has 0 aliphatic rings. The van der Waals surface area contributed by atoms with Crippen LogP contribution in [0, 0.1) is 0 Å². The third-order valence-corrected chi connectivity index (χ3v) is 9.02. The minimum Gasteiger partial charge on any atom is -0.387 e. The van der Waals surface area contributed by atoms with Crippen LogP contribution in [0.4, 0.5) is 0 Å². The van der Waals surface area contributed by atoms with Crippen molar-refractivity contribution in [2.24, 2.45) is 0 Å². The van der Waals surface area contributed by atoms with Gasteiger partial charge in [-0.15, -0.1) is 0 Å². The van der Waals surface area contributed by atoms with E-state index >= 15 is 0 Å². The maximum atomic E-state index is 12.4. The summed E-state index contributed by atoms with van der Waals surface area (Å²) < 4.78 is 32.3. The summed E-state index contributed by atoms with van der Waals surface area (Å²) in [5.41, 5.74) is 0. The van der Waals surface area contributed by atoms with E-state index in [1.807, 2.05) is 13.0 Å². The van der Waals surface area contributed by atoms with Crippen LogP contribution in [0.1, 0.15) is 168 Å². The summed E-state index contributed by atoms with van der Waals surface area (Å²) in [4.78, 5) is 12.4. The van der Waals surface area contributed by atoms with Crippen molar-refractivity contribution in [1.82, 2.24) is 5.32 Å². The first kappa shape index (κ1) is 45.0. The highest BCUT2D eigenvalue weighted by Gasteiger charge is 2.24. The smallest absolute Gasteiger partial charge is 0.267 e. The highest BCUT2D eigenvalue weighted by Crippen LogP contribution is 2.13. The first-order valence-electron chi connectivity index (χ1n) is 19.0. The Kier molecular flexibility index (Phi) is 32.5. The zero-order valence-corrected chi connectivity index (χ0v) is 30.9. The maximum Gasteiger partial charge on any atom is 0.267 e. The van der Waals surface area contributed by atoms with Gasteiger partial charge in [0.05, 0.1) is 17.9 Å². The topological polar surface area (TPSA) is 104 Å². The molecule has 0 aliphatic heterocycles.